The Morgan fingerprint density at radius 3 is 2.44 bits per heavy atom. The standard InChI is InChI=1S/C24H26N2O/c1-17-8-12-19(13-9-17)22(25)16-23(20-14-10-18(2)11-15-20)26-24(27)21-6-4-3-5-7-21/h3-10,12-15,18,23,25H,11,16H2,1-2H3,(H,26,27). The fourth-order valence-corrected chi connectivity index (χ4v) is 3.16. The van der Waals surface area contributed by atoms with Crippen LogP contribution in [0.15, 0.2) is 78.4 Å². The summed E-state index contributed by atoms with van der Waals surface area (Å²) >= 11 is 0. The predicted molar refractivity (Wildman–Crippen MR) is 111 cm³/mol. The third-order valence-electron chi connectivity index (χ3n) is 4.89. The third-order valence-corrected chi connectivity index (χ3v) is 4.89. The minimum absolute atomic E-state index is 0.106. The molecule has 2 N–H and O–H groups in total. The fourth-order valence-electron chi connectivity index (χ4n) is 3.16. The van der Waals surface area contributed by atoms with Crippen LogP contribution in [0, 0.1) is 18.3 Å². The van der Waals surface area contributed by atoms with Crippen molar-refractivity contribution < 1.29 is 4.79 Å². The van der Waals surface area contributed by atoms with Gasteiger partial charge in [0, 0.05) is 17.7 Å². The Morgan fingerprint density at radius 1 is 1.11 bits per heavy atom. The van der Waals surface area contributed by atoms with E-state index in [4.69, 9.17) is 5.41 Å². The second-order valence-corrected chi connectivity index (χ2v) is 7.22. The number of aryl methyl sites for hydroxylation is 1. The van der Waals surface area contributed by atoms with Crippen molar-refractivity contribution in [3.8, 4) is 0 Å². The normalized spacial score (nSPS) is 17.1. The molecule has 0 heterocycles. The summed E-state index contributed by atoms with van der Waals surface area (Å²) < 4.78 is 0. The molecule has 0 aromatic heterocycles. The highest BCUT2D eigenvalue weighted by atomic mass is 16.1. The van der Waals surface area contributed by atoms with Crippen LogP contribution in [0.4, 0.5) is 0 Å². The van der Waals surface area contributed by atoms with Crippen LogP contribution in [-0.2, 0) is 0 Å². The molecular weight excluding hydrogens is 332 g/mol. The number of benzene rings is 2. The van der Waals surface area contributed by atoms with E-state index in [1.54, 1.807) is 0 Å². The predicted octanol–water partition coefficient (Wildman–Crippen LogP) is 5.07. The lowest BCUT2D eigenvalue weighted by atomic mass is 9.90. The van der Waals surface area contributed by atoms with Crippen LogP contribution in [0.3, 0.4) is 0 Å². The van der Waals surface area contributed by atoms with Gasteiger partial charge in [-0.25, -0.2) is 0 Å². The number of hydrogen-bond acceptors (Lipinski definition) is 2. The smallest absolute Gasteiger partial charge is 0.251 e. The van der Waals surface area contributed by atoms with Crippen molar-refractivity contribution in [3.63, 3.8) is 0 Å². The van der Waals surface area contributed by atoms with Crippen molar-refractivity contribution >= 4 is 11.6 Å². The maximum atomic E-state index is 12.7. The van der Waals surface area contributed by atoms with Crippen LogP contribution in [0.5, 0.6) is 0 Å². The van der Waals surface area contributed by atoms with Gasteiger partial charge >= 0.3 is 0 Å². The van der Waals surface area contributed by atoms with Crippen LogP contribution >= 0.6 is 0 Å². The average molecular weight is 358 g/mol. The highest BCUT2D eigenvalue weighted by Crippen LogP contribution is 2.21. The number of allylic oxidation sites excluding steroid dienone is 2. The van der Waals surface area contributed by atoms with Crippen molar-refractivity contribution in [1.82, 2.24) is 5.32 Å². The Hall–Kier alpha value is -2.94. The van der Waals surface area contributed by atoms with Crippen LogP contribution in [0.1, 0.15) is 41.3 Å². The molecule has 2 unspecified atom stereocenters. The zero-order valence-corrected chi connectivity index (χ0v) is 15.9. The Balaban J connectivity index is 1.79. The van der Waals surface area contributed by atoms with Crippen molar-refractivity contribution in [2.45, 2.75) is 32.7 Å². The Labute approximate surface area is 161 Å². The van der Waals surface area contributed by atoms with Gasteiger partial charge in [-0.05, 0) is 42.5 Å². The number of amides is 1. The van der Waals surface area contributed by atoms with Gasteiger partial charge in [0.05, 0.1) is 6.04 Å². The molecule has 3 heteroatoms. The van der Waals surface area contributed by atoms with E-state index in [0.29, 0.717) is 23.6 Å². The summed E-state index contributed by atoms with van der Waals surface area (Å²) in [7, 11) is 0. The Kier molecular flexibility index (Phi) is 6.02. The van der Waals surface area contributed by atoms with Crippen molar-refractivity contribution in [2.24, 2.45) is 5.92 Å². The van der Waals surface area contributed by atoms with E-state index in [1.165, 1.54) is 5.56 Å². The molecule has 3 rings (SSSR count). The van der Waals surface area contributed by atoms with Gasteiger partial charge in [-0.1, -0.05) is 73.2 Å². The highest BCUT2D eigenvalue weighted by Gasteiger charge is 2.20. The van der Waals surface area contributed by atoms with Gasteiger partial charge < -0.3 is 10.7 Å². The Morgan fingerprint density at radius 2 is 1.81 bits per heavy atom. The first-order chi connectivity index (χ1) is 13.0. The molecule has 0 bridgehead atoms. The molecule has 0 saturated carbocycles. The molecular formula is C24H26N2O. The lowest BCUT2D eigenvalue weighted by Gasteiger charge is -2.23. The van der Waals surface area contributed by atoms with Crippen LogP contribution in [0.2, 0.25) is 0 Å². The maximum Gasteiger partial charge on any atom is 0.251 e. The minimum atomic E-state index is -0.213. The molecule has 3 nitrogen and oxygen atoms in total. The number of nitrogens with one attached hydrogen (secondary N) is 2. The van der Waals surface area contributed by atoms with E-state index >= 15 is 0 Å². The van der Waals surface area contributed by atoms with E-state index in [-0.39, 0.29) is 11.9 Å². The summed E-state index contributed by atoms with van der Waals surface area (Å²) in [5, 5.41) is 11.7. The largest absolute Gasteiger partial charge is 0.345 e. The first-order valence-electron chi connectivity index (χ1n) is 9.41. The summed E-state index contributed by atoms with van der Waals surface area (Å²) in [4.78, 5) is 12.7. The average Bonchev–Trinajstić information content (AvgIpc) is 2.69. The molecule has 1 aliphatic rings. The lowest BCUT2D eigenvalue weighted by Crippen LogP contribution is -2.38. The molecule has 0 radical (unpaired) electrons. The summed E-state index contributed by atoms with van der Waals surface area (Å²) in [6, 6.07) is 17.0. The second-order valence-electron chi connectivity index (χ2n) is 7.22. The quantitative estimate of drug-likeness (QED) is 0.696. The van der Waals surface area contributed by atoms with E-state index in [0.717, 1.165) is 17.6 Å². The second kappa shape index (κ2) is 8.63. The number of carbonyl (C=O) groups is 1. The summed E-state index contributed by atoms with van der Waals surface area (Å²) in [6.45, 7) is 4.21. The maximum absolute atomic E-state index is 12.7. The monoisotopic (exact) mass is 358 g/mol. The van der Waals surface area contributed by atoms with Crippen molar-refractivity contribution in [1.29, 1.82) is 5.41 Å². The molecule has 0 fully saturated rings. The van der Waals surface area contributed by atoms with Gasteiger partial charge in [0.2, 0.25) is 0 Å². The van der Waals surface area contributed by atoms with E-state index in [2.05, 4.69) is 30.5 Å². The number of rotatable bonds is 6. The molecule has 2 aromatic carbocycles. The highest BCUT2D eigenvalue weighted by molar-refractivity contribution is 6.00. The molecule has 0 aliphatic heterocycles. The Bertz CT molecular complexity index is 863. The van der Waals surface area contributed by atoms with Gasteiger partial charge in [-0.3, -0.25) is 4.79 Å². The topological polar surface area (TPSA) is 53.0 Å². The van der Waals surface area contributed by atoms with Crippen LogP contribution in [0.25, 0.3) is 0 Å². The molecule has 27 heavy (non-hydrogen) atoms. The number of hydrogen-bond donors (Lipinski definition) is 2. The molecule has 0 saturated heterocycles. The van der Waals surface area contributed by atoms with Crippen molar-refractivity contribution in [3.05, 3.63) is 95.1 Å². The molecule has 2 aromatic rings. The summed E-state index contributed by atoms with van der Waals surface area (Å²) in [6.07, 6.45) is 7.87. The van der Waals surface area contributed by atoms with Gasteiger partial charge in [0.25, 0.3) is 5.91 Å². The van der Waals surface area contributed by atoms with Gasteiger partial charge in [0.15, 0.2) is 0 Å². The zero-order valence-electron chi connectivity index (χ0n) is 15.9. The van der Waals surface area contributed by atoms with Gasteiger partial charge in [-0.2, -0.15) is 0 Å². The summed E-state index contributed by atoms with van der Waals surface area (Å²) in [5.41, 5.74) is 4.31. The minimum Gasteiger partial charge on any atom is -0.345 e. The molecule has 1 aliphatic carbocycles. The van der Waals surface area contributed by atoms with E-state index < -0.39 is 0 Å². The fraction of sp³-hybridized carbons (Fsp3) is 0.250. The lowest BCUT2D eigenvalue weighted by molar-refractivity contribution is 0.0944. The number of carbonyl (C=O) groups excluding carboxylic acids is 1. The van der Waals surface area contributed by atoms with Crippen LogP contribution < -0.4 is 5.32 Å². The molecule has 0 spiro atoms. The zero-order chi connectivity index (χ0) is 19.2. The van der Waals surface area contributed by atoms with Gasteiger partial charge in [-0.15, -0.1) is 0 Å². The van der Waals surface area contributed by atoms with Crippen molar-refractivity contribution in [2.75, 3.05) is 0 Å². The van der Waals surface area contributed by atoms with E-state index in [9.17, 15) is 4.79 Å². The molecule has 1 amide bonds. The third kappa shape index (κ3) is 5.04. The van der Waals surface area contributed by atoms with E-state index in [1.807, 2.05) is 61.5 Å². The first-order valence-corrected chi connectivity index (χ1v) is 9.41. The summed E-state index contributed by atoms with van der Waals surface area (Å²) in [5.74, 6) is 0.404. The van der Waals surface area contributed by atoms with Crippen LogP contribution in [-0.4, -0.2) is 17.7 Å². The first kappa shape index (κ1) is 18.8. The van der Waals surface area contributed by atoms with Gasteiger partial charge in [0.1, 0.15) is 0 Å². The molecule has 2 atom stereocenters. The SMILES string of the molecule is Cc1ccc(C(=N)CC(NC(=O)c2ccccc2)C2=CCC(C)C=C2)cc1. The molecule has 138 valence electrons.